The van der Waals surface area contributed by atoms with Gasteiger partial charge in [-0.3, -0.25) is 24.4 Å². The second-order valence-corrected chi connectivity index (χ2v) is 35.1. The Kier molecular flexibility index (Phi) is 45.2. The molecule has 4 aromatic carbocycles. The van der Waals surface area contributed by atoms with E-state index in [1.807, 2.05) is 124 Å². The minimum absolute atomic E-state index is 0.0133. The normalized spacial score (nSPS) is 14.1. The lowest BCUT2D eigenvalue weighted by Crippen LogP contribution is -2.52. The number of primary amides is 1. The number of benzene rings is 4. The van der Waals surface area contributed by atoms with Gasteiger partial charge in [-0.2, -0.15) is 15.0 Å². The first kappa shape index (κ1) is 110. The second kappa shape index (κ2) is 53.3. The highest BCUT2D eigenvalue weighted by molar-refractivity contribution is 5.97. The Bertz CT molecular complexity index is 4670. The Morgan fingerprint density at radius 3 is 1.06 bits per heavy atom. The van der Waals surface area contributed by atoms with Gasteiger partial charge in [0, 0.05) is 76.6 Å². The van der Waals surface area contributed by atoms with Gasteiger partial charge in [0.15, 0.2) is 11.6 Å². The summed E-state index contributed by atoms with van der Waals surface area (Å²) in [4.78, 5) is 98.6. The van der Waals surface area contributed by atoms with Crippen LogP contribution in [0, 0.1) is 26.2 Å². The predicted molar refractivity (Wildman–Crippen MR) is 508 cm³/mol. The van der Waals surface area contributed by atoms with Crippen molar-refractivity contribution in [2.45, 2.75) is 232 Å². The van der Waals surface area contributed by atoms with Crippen molar-refractivity contribution >= 4 is 59.5 Å². The van der Waals surface area contributed by atoms with Gasteiger partial charge in [0.25, 0.3) is 18.0 Å². The average Bonchev–Trinajstić information content (AvgIpc) is 1.23. The topological polar surface area (TPSA) is 503 Å². The SMILES string of the molecule is CC(=O)C(C)(C)Nc1nc(-c2ccc(C)cc2)co1.COC(=O)C(C)(C)N.COC(=O)C(C)(C)NC(N)=O.COC(=O)C(C)(C)Nc1nc(-c2ccc(C)cc2)co1.COCC1(CN)CCCCC1.COc1ccc(C2(CN)CCCCC2)nc1.COc1ccc(C2(CN)CCCCC2)nc1.Cc1ccc(-c2coc(NC(C)(C)C(=O)O)n2)cc1.NCC(=O)c1ccccc1. The molecule has 0 atom stereocenters. The van der Waals surface area contributed by atoms with E-state index >= 15 is 0 Å². The number of hydrogen-bond acceptors (Lipinski definition) is 29. The number of carboxylic acids is 1. The number of hydrogen-bond donors (Lipinski definition) is 11. The molecule has 12 rings (SSSR count). The van der Waals surface area contributed by atoms with E-state index in [1.165, 1.54) is 156 Å². The quantitative estimate of drug-likeness (QED) is 0.0136. The molecule has 3 saturated carbocycles. The Hall–Kier alpha value is -11.9. The van der Waals surface area contributed by atoms with Gasteiger partial charge in [0.1, 0.15) is 69.5 Å². The largest absolute Gasteiger partial charge is 0.495 e. The molecule has 3 fully saturated rings. The van der Waals surface area contributed by atoms with Crippen molar-refractivity contribution in [2.24, 2.45) is 39.8 Å². The molecule has 130 heavy (non-hydrogen) atoms. The standard InChI is InChI=1S/C15H18N2O3.C15H18N2O2.C14H16N2O3.2C13H20N2O.C9H19NO.C8H9NO.C6H12N2O3.C5H11NO2/c1-10-5-7-11(8-6-10)12-9-20-14(16-12)17-15(2,3)13(18)19-4;1-10-5-7-12(8-6-10)13-9-19-14(16-13)17-15(3,4)11(2)18;1-9-4-6-10(7-5-9)11-8-19-13(15-11)16-14(2,3)12(17)18;2*1-16-11-5-6-12(15-9-11)13(10-14)7-3-2-4-8-13;1-11-8-9(7-10)5-3-2-4-6-9;9-6-8(10)7-4-2-1-3-5-7;1-6(2,4(9)11-3)8-5(7)10;1-5(2,6)4(7)8-3/h5-9H,1-4H3,(H,16,17);5-9H,1-4H3,(H,16,17);4-8H,1-3H3,(H,15,16)(H,17,18);2*5-6,9H,2-4,7-8,10,14H2,1H3;2-8,10H2,1H3;1-5H,6,9H2;1-3H3,(H3,7,8,10);6H2,1-3H3. The third-order valence-corrected chi connectivity index (χ3v) is 22.3. The summed E-state index contributed by atoms with van der Waals surface area (Å²) < 4.78 is 44.9. The van der Waals surface area contributed by atoms with Gasteiger partial charge >= 0.3 is 29.9 Å². The molecule has 2 amide bonds. The molecule has 0 bridgehead atoms. The number of nitrogens with one attached hydrogen (secondary N) is 4. The summed E-state index contributed by atoms with van der Waals surface area (Å²) in [7, 11) is 9.00. The number of pyridine rings is 2. The Labute approximate surface area is 766 Å². The molecule has 3 aliphatic rings. The van der Waals surface area contributed by atoms with E-state index in [0.717, 1.165) is 64.0 Å². The molecule has 0 unspecified atom stereocenters. The maximum atomic E-state index is 11.6. The lowest BCUT2D eigenvalue weighted by molar-refractivity contribution is -0.147. The first-order chi connectivity index (χ1) is 61.3. The third-order valence-electron chi connectivity index (χ3n) is 22.3. The summed E-state index contributed by atoms with van der Waals surface area (Å²) in [5, 5.41) is 19.9. The zero-order valence-corrected chi connectivity index (χ0v) is 79.8. The van der Waals surface area contributed by atoms with Crippen molar-refractivity contribution in [3.05, 3.63) is 192 Å². The van der Waals surface area contributed by atoms with E-state index in [0.29, 0.717) is 41.5 Å². The fraction of sp³-hybridized carbons (Fsp3) is 0.490. The number of aryl methyl sites for hydroxylation is 3. The number of oxazole rings is 3. The highest BCUT2D eigenvalue weighted by Crippen LogP contribution is 2.40. The number of rotatable bonds is 26. The molecule has 9 aromatic rings. The number of nitrogens with two attached hydrogens (primary N) is 6. The molecule has 0 saturated heterocycles. The Balaban J connectivity index is 0.000000310. The highest BCUT2D eigenvalue weighted by atomic mass is 16.5. The maximum Gasteiger partial charge on any atom is 0.331 e. The molecule has 712 valence electrons. The number of methoxy groups -OCH3 is 6. The monoisotopic (exact) mass is 1800 g/mol. The van der Waals surface area contributed by atoms with E-state index in [9.17, 15) is 33.6 Å². The minimum atomic E-state index is -1.13. The van der Waals surface area contributed by atoms with Crippen LogP contribution in [-0.4, -0.2) is 175 Å². The number of aliphatic carboxylic acids is 1. The molecular formula is C98H143N15O17. The number of carbonyl (C=O) groups is 7. The number of amides is 2. The van der Waals surface area contributed by atoms with E-state index < -0.39 is 51.6 Å². The first-order valence-electron chi connectivity index (χ1n) is 43.5. The molecule has 0 spiro atoms. The Morgan fingerprint density at radius 2 is 0.785 bits per heavy atom. The number of nitrogens with zero attached hydrogens (tertiary/aromatic N) is 5. The van der Waals surface area contributed by atoms with E-state index in [1.54, 1.807) is 114 Å². The summed E-state index contributed by atoms with van der Waals surface area (Å²) in [5.41, 5.74) is 40.4. The predicted octanol–water partition coefficient (Wildman–Crippen LogP) is 15.7. The number of urea groups is 1. The summed E-state index contributed by atoms with van der Waals surface area (Å²) >= 11 is 0. The number of esters is 3. The van der Waals surface area contributed by atoms with Gasteiger partial charge in [0.05, 0.1) is 66.6 Å². The van der Waals surface area contributed by atoms with E-state index in [-0.39, 0.29) is 46.9 Å². The van der Waals surface area contributed by atoms with Crippen molar-refractivity contribution in [3.8, 4) is 45.3 Å². The molecule has 5 heterocycles. The lowest BCUT2D eigenvalue weighted by atomic mass is 9.71. The van der Waals surface area contributed by atoms with Crippen LogP contribution in [0.5, 0.6) is 11.5 Å². The molecule has 5 aromatic heterocycles. The Morgan fingerprint density at radius 1 is 0.438 bits per heavy atom. The van der Waals surface area contributed by atoms with Crippen LogP contribution in [-0.2, 0) is 53.8 Å². The van der Waals surface area contributed by atoms with Gasteiger partial charge in [-0.15, -0.1) is 0 Å². The fourth-order valence-electron chi connectivity index (χ4n) is 13.7. The van der Waals surface area contributed by atoms with Crippen LogP contribution < -0.4 is 65.1 Å². The van der Waals surface area contributed by atoms with Crippen LogP contribution in [0.2, 0.25) is 0 Å². The molecule has 32 nitrogen and oxygen atoms in total. The van der Waals surface area contributed by atoms with Gasteiger partial charge < -0.3 is 102 Å². The van der Waals surface area contributed by atoms with Crippen molar-refractivity contribution in [2.75, 3.05) is 91.4 Å². The number of anilines is 3. The molecular weight excluding hydrogens is 1660 g/mol. The zero-order valence-electron chi connectivity index (χ0n) is 79.8. The lowest BCUT2D eigenvalue weighted by Gasteiger charge is -2.35. The van der Waals surface area contributed by atoms with Crippen LogP contribution in [0.1, 0.15) is 211 Å². The van der Waals surface area contributed by atoms with E-state index in [2.05, 4.69) is 67.8 Å². The number of Topliss-reactive ketones (excluding diaryl/α,β-unsaturated/α-hetero) is 2. The highest BCUT2D eigenvalue weighted by Gasteiger charge is 2.37. The fourth-order valence-corrected chi connectivity index (χ4v) is 13.7. The second-order valence-electron chi connectivity index (χ2n) is 35.1. The smallest absolute Gasteiger partial charge is 0.331 e. The van der Waals surface area contributed by atoms with Crippen LogP contribution in [0.25, 0.3) is 33.8 Å². The molecule has 3 aliphatic carbocycles. The van der Waals surface area contributed by atoms with Gasteiger partial charge in [-0.1, -0.05) is 178 Å². The average molecular weight is 1800 g/mol. The third kappa shape index (κ3) is 36.2. The van der Waals surface area contributed by atoms with Crippen molar-refractivity contribution in [1.82, 2.24) is 30.2 Å². The number of ketones is 2. The van der Waals surface area contributed by atoms with Crippen LogP contribution in [0.15, 0.2) is 172 Å². The summed E-state index contributed by atoms with van der Waals surface area (Å²) in [6.45, 7) is 27.0. The van der Waals surface area contributed by atoms with Gasteiger partial charge in [-0.05, 0) is 160 Å². The molecule has 0 radical (unpaired) electrons. The molecule has 32 heteroatoms. The van der Waals surface area contributed by atoms with Crippen LogP contribution in [0.4, 0.5) is 22.8 Å². The van der Waals surface area contributed by atoms with Gasteiger partial charge in [-0.25, -0.2) is 19.2 Å². The number of carboxylic acid groups (broad SMARTS) is 1. The molecule has 17 N–H and O–H groups in total. The summed E-state index contributed by atoms with van der Waals surface area (Å²) in [6, 6.07) is 41.1. The molecule has 0 aliphatic heterocycles. The van der Waals surface area contributed by atoms with Crippen molar-refractivity contribution in [3.63, 3.8) is 0 Å². The number of carbonyl (C=O) groups excluding carboxylic acids is 6. The minimum Gasteiger partial charge on any atom is -0.495 e. The van der Waals surface area contributed by atoms with Crippen molar-refractivity contribution in [1.29, 1.82) is 0 Å². The summed E-state index contributed by atoms with van der Waals surface area (Å²) in [5.74, 6) is -0.634. The first-order valence-corrected chi connectivity index (χ1v) is 43.5. The van der Waals surface area contributed by atoms with Crippen molar-refractivity contribution < 1.29 is 80.3 Å². The van der Waals surface area contributed by atoms with Crippen LogP contribution >= 0.6 is 0 Å². The number of ether oxygens (including phenoxy) is 6. The zero-order chi connectivity index (χ0) is 97.1. The summed E-state index contributed by atoms with van der Waals surface area (Å²) in [6.07, 6.45) is 27.2. The van der Waals surface area contributed by atoms with Crippen LogP contribution in [0.3, 0.4) is 0 Å². The van der Waals surface area contributed by atoms with Gasteiger partial charge in [0.2, 0.25) is 0 Å². The van der Waals surface area contributed by atoms with E-state index in [4.69, 9.17) is 71.7 Å². The number of aromatic nitrogens is 5. The maximum absolute atomic E-state index is 11.6.